The molecule has 6 heteroatoms. The Morgan fingerprint density at radius 3 is 2.93 bits per heavy atom. The number of nitrogen functional groups attached to an aromatic ring is 1. The minimum atomic E-state index is 0. The first-order chi connectivity index (χ1) is 6.84. The molecule has 0 spiro atoms. The van der Waals surface area contributed by atoms with Crippen molar-refractivity contribution >= 4 is 40.4 Å². The summed E-state index contributed by atoms with van der Waals surface area (Å²) < 4.78 is 5.18. The van der Waals surface area contributed by atoms with Crippen LogP contribution in [0.4, 0.5) is 6.01 Å². The fourth-order valence-corrected chi connectivity index (χ4v) is 1.46. The van der Waals surface area contributed by atoms with Gasteiger partial charge < -0.3 is 10.2 Å². The molecule has 5 nitrogen and oxygen atoms in total. The molecule has 0 aliphatic carbocycles. The topological polar surface area (TPSA) is 77.8 Å². The molecule has 0 fully saturated rings. The molecule has 0 amide bonds. The van der Waals surface area contributed by atoms with Gasteiger partial charge in [0.1, 0.15) is 17.4 Å². The van der Waals surface area contributed by atoms with E-state index in [1.807, 2.05) is 12.1 Å². The lowest BCUT2D eigenvalue weighted by molar-refractivity contribution is 0.626. The van der Waals surface area contributed by atoms with Crippen molar-refractivity contribution in [3.8, 4) is 0 Å². The van der Waals surface area contributed by atoms with E-state index >= 15 is 0 Å². The third kappa shape index (κ3) is 1.37. The van der Waals surface area contributed by atoms with Crippen molar-refractivity contribution < 1.29 is 4.42 Å². The zero-order valence-electron chi connectivity index (χ0n) is 7.54. The van der Waals surface area contributed by atoms with E-state index in [9.17, 15) is 0 Å². The standard InChI is InChI=1S/C9H6N4O.ClH/c10-9-13-8-6(14-9)2-1-5-3-11-4-12-7(5)8;/h1-4H,(H2,10,13);1H. The van der Waals surface area contributed by atoms with Crippen molar-refractivity contribution in [1.29, 1.82) is 0 Å². The molecule has 0 aliphatic heterocycles. The highest BCUT2D eigenvalue weighted by molar-refractivity contribution is 6.00. The first-order valence-electron chi connectivity index (χ1n) is 4.09. The predicted octanol–water partition coefficient (Wildman–Crippen LogP) is 1.77. The van der Waals surface area contributed by atoms with Crippen LogP contribution in [0.2, 0.25) is 0 Å². The largest absolute Gasteiger partial charge is 0.424 e. The van der Waals surface area contributed by atoms with Crippen LogP contribution in [0.3, 0.4) is 0 Å². The quantitative estimate of drug-likeness (QED) is 0.627. The number of oxazole rings is 1. The highest BCUT2D eigenvalue weighted by atomic mass is 35.5. The molecule has 3 aromatic rings. The number of fused-ring (bicyclic) bond motifs is 3. The molecule has 0 saturated heterocycles. The highest BCUT2D eigenvalue weighted by Gasteiger charge is 2.07. The van der Waals surface area contributed by atoms with Crippen LogP contribution in [0.1, 0.15) is 0 Å². The van der Waals surface area contributed by atoms with Crippen LogP contribution in [0, 0.1) is 0 Å². The van der Waals surface area contributed by atoms with Crippen molar-refractivity contribution in [1.82, 2.24) is 15.0 Å². The lowest BCUT2D eigenvalue weighted by Gasteiger charge is -1.93. The van der Waals surface area contributed by atoms with E-state index in [2.05, 4.69) is 15.0 Å². The van der Waals surface area contributed by atoms with Crippen LogP contribution >= 0.6 is 12.4 Å². The molecule has 3 rings (SSSR count). The van der Waals surface area contributed by atoms with Crippen LogP contribution in [-0.4, -0.2) is 15.0 Å². The van der Waals surface area contributed by atoms with E-state index in [-0.39, 0.29) is 18.4 Å². The second-order valence-corrected chi connectivity index (χ2v) is 2.92. The molecule has 0 radical (unpaired) electrons. The summed E-state index contributed by atoms with van der Waals surface area (Å²) in [4.78, 5) is 12.1. The number of nitrogens with two attached hydrogens (primary N) is 1. The van der Waals surface area contributed by atoms with Gasteiger partial charge in [0.05, 0.1) is 0 Å². The van der Waals surface area contributed by atoms with Crippen LogP contribution < -0.4 is 5.73 Å². The molecule has 2 aromatic heterocycles. The SMILES string of the molecule is Cl.Nc1nc2c(ccc3cncnc32)o1. The number of nitrogens with zero attached hydrogens (tertiary/aromatic N) is 3. The van der Waals surface area contributed by atoms with Gasteiger partial charge in [-0.3, -0.25) is 0 Å². The summed E-state index contributed by atoms with van der Waals surface area (Å²) in [5, 5.41) is 0.924. The molecule has 0 unspecified atom stereocenters. The Hall–Kier alpha value is -1.88. The Bertz CT molecular complexity index is 622. The maximum absolute atomic E-state index is 5.46. The number of halogens is 1. The van der Waals surface area contributed by atoms with Gasteiger partial charge in [-0.2, -0.15) is 4.98 Å². The molecule has 0 aliphatic rings. The van der Waals surface area contributed by atoms with E-state index in [4.69, 9.17) is 10.2 Å². The molecule has 0 atom stereocenters. The van der Waals surface area contributed by atoms with Gasteiger partial charge in [-0.25, -0.2) is 9.97 Å². The number of aromatic nitrogens is 3. The molecule has 15 heavy (non-hydrogen) atoms. The van der Waals surface area contributed by atoms with Crippen molar-refractivity contribution in [2.45, 2.75) is 0 Å². The molecule has 1 aromatic carbocycles. The van der Waals surface area contributed by atoms with E-state index < -0.39 is 0 Å². The minimum absolute atomic E-state index is 0. The van der Waals surface area contributed by atoms with Gasteiger partial charge in [0, 0.05) is 11.6 Å². The monoisotopic (exact) mass is 222 g/mol. The Labute approximate surface area is 90.7 Å². The lowest BCUT2D eigenvalue weighted by Crippen LogP contribution is -1.83. The van der Waals surface area contributed by atoms with Crippen molar-refractivity contribution in [3.05, 3.63) is 24.7 Å². The van der Waals surface area contributed by atoms with Crippen LogP contribution in [0.15, 0.2) is 29.1 Å². The van der Waals surface area contributed by atoms with Crippen molar-refractivity contribution in [3.63, 3.8) is 0 Å². The number of rotatable bonds is 0. The molecular formula is C9H7ClN4O. The summed E-state index contributed by atoms with van der Waals surface area (Å²) in [5.41, 5.74) is 7.55. The second-order valence-electron chi connectivity index (χ2n) is 2.92. The first kappa shape index (κ1) is 9.67. The zero-order valence-corrected chi connectivity index (χ0v) is 8.36. The second kappa shape index (κ2) is 3.36. The molecule has 2 N–H and O–H groups in total. The van der Waals surface area contributed by atoms with Crippen LogP contribution in [0.25, 0.3) is 22.0 Å². The first-order valence-corrected chi connectivity index (χ1v) is 4.09. The Balaban J connectivity index is 0.000000853. The normalized spacial score (nSPS) is 10.4. The highest BCUT2D eigenvalue weighted by Crippen LogP contribution is 2.23. The molecule has 0 saturated carbocycles. The number of hydrogen-bond donors (Lipinski definition) is 1. The summed E-state index contributed by atoms with van der Waals surface area (Å²) in [6.07, 6.45) is 3.21. The maximum atomic E-state index is 5.46. The number of hydrogen-bond acceptors (Lipinski definition) is 5. The average Bonchev–Trinajstić information content (AvgIpc) is 2.59. The minimum Gasteiger partial charge on any atom is -0.424 e. The Kier molecular flexibility index (Phi) is 2.17. The smallest absolute Gasteiger partial charge is 0.293 e. The lowest BCUT2D eigenvalue weighted by atomic mass is 10.2. The van der Waals surface area contributed by atoms with Crippen LogP contribution in [-0.2, 0) is 0 Å². The number of benzene rings is 1. The van der Waals surface area contributed by atoms with E-state index in [1.165, 1.54) is 6.33 Å². The third-order valence-electron chi connectivity index (χ3n) is 2.05. The molecule has 0 bridgehead atoms. The van der Waals surface area contributed by atoms with E-state index in [1.54, 1.807) is 6.20 Å². The summed E-state index contributed by atoms with van der Waals surface area (Å²) in [5.74, 6) is 0. The fourth-order valence-electron chi connectivity index (χ4n) is 1.46. The predicted molar refractivity (Wildman–Crippen MR) is 58.8 cm³/mol. The number of anilines is 1. The Morgan fingerprint density at radius 1 is 1.20 bits per heavy atom. The molecular weight excluding hydrogens is 216 g/mol. The van der Waals surface area contributed by atoms with Gasteiger partial charge in [0.2, 0.25) is 0 Å². The van der Waals surface area contributed by atoms with Gasteiger partial charge >= 0.3 is 0 Å². The van der Waals surface area contributed by atoms with Gasteiger partial charge in [0.15, 0.2) is 5.58 Å². The molecule has 2 heterocycles. The van der Waals surface area contributed by atoms with Crippen molar-refractivity contribution in [2.24, 2.45) is 0 Å². The molecule has 76 valence electrons. The van der Waals surface area contributed by atoms with Gasteiger partial charge in [-0.1, -0.05) is 0 Å². The average molecular weight is 223 g/mol. The third-order valence-corrected chi connectivity index (χ3v) is 2.05. The zero-order chi connectivity index (χ0) is 9.54. The summed E-state index contributed by atoms with van der Waals surface area (Å²) >= 11 is 0. The maximum Gasteiger partial charge on any atom is 0.293 e. The fraction of sp³-hybridized carbons (Fsp3) is 0. The Morgan fingerprint density at radius 2 is 2.07 bits per heavy atom. The van der Waals surface area contributed by atoms with E-state index in [0.717, 1.165) is 10.9 Å². The van der Waals surface area contributed by atoms with E-state index in [0.29, 0.717) is 11.1 Å². The van der Waals surface area contributed by atoms with Gasteiger partial charge in [-0.05, 0) is 12.1 Å². The van der Waals surface area contributed by atoms with Crippen LogP contribution in [0.5, 0.6) is 0 Å². The van der Waals surface area contributed by atoms with Gasteiger partial charge in [-0.15, -0.1) is 12.4 Å². The summed E-state index contributed by atoms with van der Waals surface area (Å²) in [6, 6.07) is 3.85. The van der Waals surface area contributed by atoms with Crippen molar-refractivity contribution in [2.75, 3.05) is 5.73 Å². The summed E-state index contributed by atoms with van der Waals surface area (Å²) in [7, 11) is 0. The van der Waals surface area contributed by atoms with Gasteiger partial charge in [0.25, 0.3) is 6.01 Å². The summed E-state index contributed by atoms with van der Waals surface area (Å²) in [6.45, 7) is 0.